The second-order valence-electron chi connectivity index (χ2n) is 6.21. The second-order valence-corrected chi connectivity index (χ2v) is 7.30. The molecule has 0 fully saturated rings. The predicted octanol–water partition coefficient (Wildman–Crippen LogP) is 3.94. The number of hydrogen-bond acceptors (Lipinski definition) is 4. The molecule has 1 aromatic heterocycles. The van der Waals surface area contributed by atoms with Crippen LogP contribution in [0.4, 0.5) is 4.39 Å². The van der Waals surface area contributed by atoms with Gasteiger partial charge in [0.15, 0.2) is 5.03 Å². The number of thioether (sulfide) groups is 1. The molecule has 130 valence electrons. The number of benzene rings is 1. The monoisotopic (exact) mass is 358 g/mol. The molecular formula is C19H21FN3OS+. The Kier molecular flexibility index (Phi) is 5.32. The van der Waals surface area contributed by atoms with Gasteiger partial charge in [-0.25, -0.2) is 8.87 Å². The summed E-state index contributed by atoms with van der Waals surface area (Å²) in [6.45, 7) is 4.76. The molecule has 2 heterocycles. The summed E-state index contributed by atoms with van der Waals surface area (Å²) in [5.41, 5.74) is 1.11. The summed E-state index contributed by atoms with van der Waals surface area (Å²) in [6, 6.07) is 10.6. The van der Waals surface area contributed by atoms with Gasteiger partial charge in [0.2, 0.25) is 5.84 Å². The average Bonchev–Trinajstić information content (AvgIpc) is 2.94. The molecule has 1 aliphatic heterocycles. The van der Waals surface area contributed by atoms with Crippen LogP contribution < -0.4 is 0 Å². The highest BCUT2D eigenvalue weighted by Crippen LogP contribution is 2.42. The van der Waals surface area contributed by atoms with Gasteiger partial charge in [-0.3, -0.25) is 4.98 Å². The summed E-state index contributed by atoms with van der Waals surface area (Å²) >= 11 is 1.49. The topological polar surface area (TPSA) is 45.5 Å². The molecule has 0 aliphatic carbocycles. The third-order valence-corrected chi connectivity index (χ3v) is 5.53. The third-order valence-electron chi connectivity index (χ3n) is 4.40. The molecule has 25 heavy (non-hydrogen) atoms. The zero-order valence-corrected chi connectivity index (χ0v) is 15.1. The van der Waals surface area contributed by atoms with Crippen molar-refractivity contribution in [2.24, 2.45) is 4.99 Å². The van der Waals surface area contributed by atoms with E-state index in [9.17, 15) is 9.50 Å². The van der Waals surface area contributed by atoms with E-state index in [0.717, 1.165) is 15.5 Å². The molecule has 3 rings (SSSR count). The standard InChI is InChI=1S/C19H21FN3OS/c1-14(2)23(12-15-6-8-21-9-7-15)18(13-24)22-11-19(23)25-17-5-3-4-16(20)10-17/h3-11,14,24H,12-13H2,1-2H3/q+1. The lowest BCUT2D eigenvalue weighted by atomic mass is 10.1. The fraction of sp³-hybridized carbons (Fsp3) is 0.263. The third kappa shape index (κ3) is 3.51. The van der Waals surface area contributed by atoms with E-state index in [1.165, 1.54) is 23.9 Å². The van der Waals surface area contributed by atoms with Crippen molar-refractivity contribution in [3.8, 4) is 0 Å². The van der Waals surface area contributed by atoms with Crippen LogP contribution in [0.3, 0.4) is 0 Å². The van der Waals surface area contributed by atoms with Gasteiger partial charge < -0.3 is 5.11 Å². The van der Waals surface area contributed by atoms with Crippen LogP contribution in [0.2, 0.25) is 0 Å². The Hall–Kier alpha value is -2.02. The van der Waals surface area contributed by atoms with E-state index < -0.39 is 0 Å². The molecule has 1 unspecified atom stereocenters. The highest BCUT2D eigenvalue weighted by atomic mass is 32.2. The quantitative estimate of drug-likeness (QED) is 0.796. The Labute approximate surface area is 151 Å². The van der Waals surface area contributed by atoms with Crippen LogP contribution in [0.25, 0.3) is 0 Å². The summed E-state index contributed by atoms with van der Waals surface area (Å²) in [4.78, 5) is 9.37. The van der Waals surface area contributed by atoms with Crippen LogP contribution in [0, 0.1) is 5.82 Å². The lowest BCUT2D eigenvalue weighted by molar-refractivity contribution is -0.830. The fourth-order valence-electron chi connectivity index (χ4n) is 3.07. The summed E-state index contributed by atoms with van der Waals surface area (Å²) in [7, 11) is 0. The summed E-state index contributed by atoms with van der Waals surface area (Å²) in [5, 5.41) is 10.9. The van der Waals surface area contributed by atoms with Crippen molar-refractivity contribution in [2.45, 2.75) is 31.3 Å². The Morgan fingerprint density at radius 1 is 1.20 bits per heavy atom. The van der Waals surface area contributed by atoms with Crippen LogP contribution in [0.15, 0.2) is 69.9 Å². The van der Waals surface area contributed by atoms with Gasteiger partial charge in [-0.05, 0) is 55.9 Å². The first-order valence-corrected chi connectivity index (χ1v) is 8.97. The minimum Gasteiger partial charge on any atom is -0.384 e. The zero-order chi connectivity index (χ0) is 17.9. The lowest BCUT2D eigenvalue weighted by Crippen LogP contribution is -2.54. The molecule has 1 aliphatic rings. The SMILES string of the molecule is CC(C)[N+]1(Cc2ccncc2)C(Sc2cccc(F)c2)=CN=C1CO. The maximum Gasteiger partial charge on any atom is 0.235 e. The van der Waals surface area contributed by atoms with E-state index in [4.69, 9.17) is 0 Å². The van der Waals surface area contributed by atoms with E-state index >= 15 is 0 Å². The molecule has 0 spiro atoms. The summed E-state index contributed by atoms with van der Waals surface area (Å²) in [6.07, 6.45) is 5.32. The molecule has 0 saturated heterocycles. The van der Waals surface area contributed by atoms with E-state index in [-0.39, 0.29) is 18.5 Å². The normalized spacial score (nSPS) is 19.9. The summed E-state index contributed by atoms with van der Waals surface area (Å²) < 4.78 is 14.0. The zero-order valence-electron chi connectivity index (χ0n) is 14.3. The van der Waals surface area contributed by atoms with Crippen molar-refractivity contribution in [2.75, 3.05) is 6.61 Å². The molecule has 0 saturated carbocycles. The van der Waals surface area contributed by atoms with Gasteiger partial charge in [-0.2, -0.15) is 4.99 Å². The van der Waals surface area contributed by atoms with Crippen molar-refractivity contribution >= 4 is 17.6 Å². The number of aliphatic hydroxyl groups excluding tert-OH is 1. The number of hydrogen-bond donors (Lipinski definition) is 1. The van der Waals surface area contributed by atoms with E-state index in [0.29, 0.717) is 16.9 Å². The number of nitrogens with zero attached hydrogens (tertiary/aromatic N) is 3. The number of pyridine rings is 1. The van der Waals surface area contributed by atoms with Crippen LogP contribution >= 0.6 is 11.8 Å². The van der Waals surface area contributed by atoms with Gasteiger partial charge in [0.1, 0.15) is 25.2 Å². The summed E-state index contributed by atoms with van der Waals surface area (Å²) in [5.74, 6) is 0.439. The Morgan fingerprint density at radius 3 is 2.60 bits per heavy atom. The number of rotatable bonds is 6. The lowest BCUT2D eigenvalue weighted by Gasteiger charge is -2.39. The van der Waals surface area contributed by atoms with E-state index in [1.54, 1.807) is 24.7 Å². The average molecular weight is 358 g/mol. The molecule has 6 heteroatoms. The first-order valence-electron chi connectivity index (χ1n) is 8.15. The first kappa shape index (κ1) is 17.8. The van der Waals surface area contributed by atoms with Crippen molar-refractivity contribution in [1.82, 2.24) is 4.98 Å². The Bertz CT molecular complexity index is 807. The molecular weight excluding hydrogens is 337 g/mol. The van der Waals surface area contributed by atoms with Gasteiger partial charge in [0.05, 0.1) is 6.04 Å². The number of aliphatic hydroxyl groups is 1. The van der Waals surface area contributed by atoms with Crippen molar-refractivity contribution in [1.29, 1.82) is 0 Å². The maximum absolute atomic E-state index is 13.6. The fourth-order valence-corrected chi connectivity index (χ4v) is 4.28. The van der Waals surface area contributed by atoms with Crippen molar-refractivity contribution < 1.29 is 14.0 Å². The minimum absolute atomic E-state index is 0.118. The first-order chi connectivity index (χ1) is 12.1. The van der Waals surface area contributed by atoms with Gasteiger partial charge in [0.25, 0.3) is 0 Å². The van der Waals surface area contributed by atoms with Crippen LogP contribution in [-0.4, -0.2) is 33.1 Å². The highest BCUT2D eigenvalue weighted by molar-refractivity contribution is 8.02. The van der Waals surface area contributed by atoms with E-state index in [2.05, 4.69) is 23.8 Å². The van der Waals surface area contributed by atoms with Gasteiger partial charge >= 0.3 is 0 Å². The van der Waals surface area contributed by atoms with Crippen molar-refractivity contribution in [3.05, 3.63) is 71.4 Å². The largest absolute Gasteiger partial charge is 0.384 e. The molecule has 0 amide bonds. The van der Waals surface area contributed by atoms with E-state index in [1.807, 2.05) is 18.2 Å². The molecule has 4 nitrogen and oxygen atoms in total. The molecule has 1 atom stereocenters. The number of aromatic nitrogens is 1. The number of quaternary nitrogens is 1. The minimum atomic E-state index is -0.260. The maximum atomic E-state index is 13.6. The number of aliphatic imine (C=N–C) groups is 1. The smallest absolute Gasteiger partial charge is 0.235 e. The molecule has 2 aromatic rings. The number of amidine groups is 1. The van der Waals surface area contributed by atoms with Crippen LogP contribution in [-0.2, 0) is 6.54 Å². The molecule has 1 aromatic carbocycles. The highest BCUT2D eigenvalue weighted by Gasteiger charge is 2.45. The molecule has 0 bridgehead atoms. The van der Waals surface area contributed by atoms with Gasteiger partial charge in [-0.1, -0.05) is 6.07 Å². The molecule has 1 N–H and O–H groups in total. The van der Waals surface area contributed by atoms with Crippen LogP contribution in [0.5, 0.6) is 0 Å². The molecule has 0 radical (unpaired) electrons. The predicted molar refractivity (Wildman–Crippen MR) is 98.2 cm³/mol. The Morgan fingerprint density at radius 2 is 1.96 bits per heavy atom. The number of halogens is 1. The Balaban J connectivity index is 1.98. The van der Waals surface area contributed by atoms with Crippen molar-refractivity contribution in [3.63, 3.8) is 0 Å². The second kappa shape index (κ2) is 7.47. The van der Waals surface area contributed by atoms with Gasteiger partial charge in [0, 0.05) is 22.9 Å². The van der Waals surface area contributed by atoms with Gasteiger partial charge in [-0.15, -0.1) is 0 Å². The van der Waals surface area contributed by atoms with Crippen LogP contribution in [0.1, 0.15) is 19.4 Å².